The number of likely N-dealkylation sites (tertiary alicyclic amines) is 1. The van der Waals surface area contributed by atoms with Crippen molar-refractivity contribution in [2.45, 2.75) is 31.8 Å². The first-order valence-corrected chi connectivity index (χ1v) is 9.21. The summed E-state index contributed by atoms with van der Waals surface area (Å²) in [6.45, 7) is 1.42. The molecule has 5 heteroatoms. The highest BCUT2D eigenvalue weighted by atomic mass is 32.2. The summed E-state index contributed by atoms with van der Waals surface area (Å²) in [7, 11) is 0. The third-order valence-electron chi connectivity index (χ3n) is 4.29. The predicted octanol–water partition coefficient (Wildman–Crippen LogP) is 3.24. The van der Waals surface area contributed by atoms with E-state index < -0.39 is 6.10 Å². The minimum Gasteiger partial charge on any atom is -0.388 e. The normalized spacial score (nSPS) is 17.5. The Morgan fingerprint density at radius 1 is 1.36 bits per heavy atom. The predicted molar refractivity (Wildman–Crippen MR) is 88.3 cm³/mol. The van der Waals surface area contributed by atoms with Gasteiger partial charge in [-0.05, 0) is 54.9 Å². The summed E-state index contributed by atoms with van der Waals surface area (Å²) >= 11 is 1.76. The van der Waals surface area contributed by atoms with Gasteiger partial charge in [0.2, 0.25) is 5.91 Å². The van der Waals surface area contributed by atoms with E-state index in [1.54, 1.807) is 23.9 Å². The number of hydrogen-bond acceptors (Lipinski definition) is 3. The number of aliphatic hydroxyl groups excluding tert-OH is 1. The van der Waals surface area contributed by atoms with Crippen molar-refractivity contribution in [3.63, 3.8) is 0 Å². The molecule has 1 heterocycles. The van der Waals surface area contributed by atoms with Gasteiger partial charge in [0, 0.05) is 19.5 Å². The highest BCUT2D eigenvalue weighted by Crippen LogP contribution is 2.31. The number of halogens is 1. The Balaban J connectivity index is 1.81. The lowest BCUT2D eigenvalue weighted by Crippen LogP contribution is -2.39. The SMILES string of the molecule is CSCCCC(=O)N1CCC(C(O)c2ccc(F)cc2)CC1. The lowest BCUT2D eigenvalue weighted by molar-refractivity contribution is -0.133. The number of nitrogens with zero attached hydrogens (tertiary/aromatic N) is 1. The Bertz CT molecular complexity index is 472. The van der Waals surface area contributed by atoms with E-state index in [1.807, 2.05) is 11.2 Å². The first-order valence-electron chi connectivity index (χ1n) is 7.82. The molecule has 0 aromatic heterocycles. The summed E-state index contributed by atoms with van der Waals surface area (Å²) in [6, 6.07) is 6.03. The number of piperidine rings is 1. The second kappa shape index (κ2) is 8.53. The minimum absolute atomic E-state index is 0.140. The zero-order valence-corrected chi connectivity index (χ0v) is 13.8. The van der Waals surface area contributed by atoms with E-state index in [2.05, 4.69) is 0 Å². The molecule has 0 radical (unpaired) electrons. The molecule has 1 fully saturated rings. The van der Waals surface area contributed by atoms with Crippen molar-refractivity contribution in [1.82, 2.24) is 4.90 Å². The Morgan fingerprint density at radius 3 is 2.59 bits per heavy atom. The molecule has 0 spiro atoms. The molecule has 1 aromatic carbocycles. The number of thioether (sulfide) groups is 1. The molecule has 0 bridgehead atoms. The van der Waals surface area contributed by atoms with Gasteiger partial charge in [0.1, 0.15) is 5.82 Å². The lowest BCUT2D eigenvalue weighted by Gasteiger charge is -2.34. The molecule has 1 aromatic rings. The van der Waals surface area contributed by atoms with Gasteiger partial charge in [-0.15, -0.1) is 0 Å². The zero-order valence-electron chi connectivity index (χ0n) is 13.0. The van der Waals surface area contributed by atoms with Gasteiger partial charge < -0.3 is 10.0 Å². The van der Waals surface area contributed by atoms with Crippen molar-refractivity contribution in [3.8, 4) is 0 Å². The van der Waals surface area contributed by atoms with E-state index in [9.17, 15) is 14.3 Å². The molecule has 3 nitrogen and oxygen atoms in total. The van der Waals surface area contributed by atoms with Crippen molar-refractivity contribution in [1.29, 1.82) is 0 Å². The van der Waals surface area contributed by atoms with Gasteiger partial charge in [0.05, 0.1) is 6.10 Å². The largest absolute Gasteiger partial charge is 0.388 e. The number of carbonyl (C=O) groups is 1. The number of aliphatic hydroxyl groups is 1. The lowest BCUT2D eigenvalue weighted by atomic mass is 9.87. The molecule has 1 N–H and O–H groups in total. The van der Waals surface area contributed by atoms with Crippen molar-refractivity contribution in [2.24, 2.45) is 5.92 Å². The highest BCUT2D eigenvalue weighted by Gasteiger charge is 2.27. The molecule has 1 saturated heterocycles. The number of amides is 1. The van der Waals surface area contributed by atoms with Crippen molar-refractivity contribution in [2.75, 3.05) is 25.1 Å². The van der Waals surface area contributed by atoms with Gasteiger partial charge in [-0.3, -0.25) is 4.79 Å². The molecule has 1 unspecified atom stereocenters. The van der Waals surface area contributed by atoms with Crippen LogP contribution in [-0.4, -0.2) is 41.0 Å². The van der Waals surface area contributed by atoms with Crippen molar-refractivity contribution < 1.29 is 14.3 Å². The fourth-order valence-electron chi connectivity index (χ4n) is 2.92. The zero-order chi connectivity index (χ0) is 15.9. The van der Waals surface area contributed by atoms with Crippen LogP contribution in [0.1, 0.15) is 37.4 Å². The summed E-state index contributed by atoms with van der Waals surface area (Å²) in [4.78, 5) is 14.0. The van der Waals surface area contributed by atoms with Crippen LogP contribution in [0.2, 0.25) is 0 Å². The Hall–Kier alpha value is -1.07. The number of rotatable bonds is 6. The van der Waals surface area contributed by atoms with Crippen LogP contribution in [-0.2, 0) is 4.79 Å². The third-order valence-corrected chi connectivity index (χ3v) is 4.99. The van der Waals surface area contributed by atoms with E-state index in [0.717, 1.165) is 30.6 Å². The van der Waals surface area contributed by atoms with E-state index >= 15 is 0 Å². The molecule has 1 atom stereocenters. The van der Waals surface area contributed by atoms with Crippen LogP contribution in [0.25, 0.3) is 0 Å². The molecule has 1 amide bonds. The van der Waals surface area contributed by atoms with Crippen LogP contribution in [0.4, 0.5) is 4.39 Å². The average molecular weight is 325 g/mol. The summed E-state index contributed by atoms with van der Waals surface area (Å²) in [5.41, 5.74) is 0.756. The van der Waals surface area contributed by atoms with Gasteiger partial charge in [-0.1, -0.05) is 12.1 Å². The van der Waals surface area contributed by atoms with Gasteiger partial charge in [-0.25, -0.2) is 4.39 Å². The van der Waals surface area contributed by atoms with E-state index in [1.165, 1.54) is 12.1 Å². The molecule has 1 aliphatic rings. The van der Waals surface area contributed by atoms with Crippen LogP contribution < -0.4 is 0 Å². The Labute approximate surface area is 135 Å². The van der Waals surface area contributed by atoms with Gasteiger partial charge >= 0.3 is 0 Å². The monoisotopic (exact) mass is 325 g/mol. The van der Waals surface area contributed by atoms with E-state index in [0.29, 0.717) is 19.5 Å². The highest BCUT2D eigenvalue weighted by molar-refractivity contribution is 7.98. The molecule has 22 heavy (non-hydrogen) atoms. The summed E-state index contributed by atoms with van der Waals surface area (Å²) in [5, 5.41) is 10.4. The average Bonchev–Trinajstić information content (AvgIpc) is 2.55. The molecule has 1 aliphatic heterocycles. The quantitative estimate of drug-likeness (QED) is 0.816. The maximum Gasteiger partial charge on any atom is 0.222 e. The molecular formula is C17H24FNO2S. The Morgan fingerprint density at radius 2 is 2.00 bits per heavy atom. The number of carbonyl (C=O) groups excluding carboxylic acids is 1. The molecule has 0 saturated carbocycles. The van der Waals surface area contributed by atoms with Crippen LogP contribution in [0, 0.1) is 11.7 Å². The topological polar surface area (TPSA) is 40.5 Å². The fourth-order valence-corrected chi connectivity index (χ4v) is 3.36. The Kier molecular flexibility index (Phi) is 6.70. The molecular weight excluding hydrogens is 301 g/mol. The van der Waals surface area contributed by atoms with Gasteiger partial charge in [0.25, 0.3) is 0 Å². The van der Waals surface area contributed by atoms with E-state index in [-0.39, 0.29) is 17.6 Å². The second-order valence-corrected chi connectivity index (χ2v) is 6.80. The van der Waals surface area contributed by atoms with Crippen molar-refractivity contribution in [3.05, 3.63) is 35.6 Å². The number of hydrogen-bond donors (Lipinski definition) is 1. The first-order chi connectivity index (χ1) is 10.6. The minimum atomic E-state index is -0.575. The first kappa shape index (κ1) is 17.3. The molecule has 0 aliphatic carbocycles. The van der Waals surface area contributed by atoms with Crippen LogP contribution in [0.3, 0.4) is 0 Å². The van der Waals surface area contributed by atoms with Crippen molar-refractivity contribution >= 4 is 17.7 Å². The van der Waals surface area contributed by atoms with E-state index in [4.69, 9.17) is 0 Å². The van der Waals surface area contributed by atoms with Crippen LogP contribution in [0.15, 0.2) is 24.3 Å². The number of benzene rings is 1. The summed E-state index contributed by atoms with van der Waals surface area (Å²) in [5.74, 6) is 1.09. The summed E-state index contributed by atoms with van der Waals surface area (Å²) < 4.78 is 12.9. The maximum atomic E-state index is 12.9. The third kappa shape index (κ3) is 4.71. The van der Waals surface area contributed by atoms with Gasteiger partial charge in [-0.2, -0.15) is 11.8 Å². The summed E-state index contributed by atoms with van der Waals surface area (Å²) in [6.07, 6.45) is 4.62. The van der Waals surface area contributed by atoms with Crippen LogP contribution in [0.5, 0.6) is 0 Å². The fraction of sp³-hybridized carbons (Fsp3) is 0.588. The van der Waals surface area contributed by atoms with Gasteiger partial charge in [0.15, 0.2) is 0 Å². The molecule has 122 valence electrons. The maximum absolute atomic E-state index is 12.9. The van der Waals surface area contributed by atoms with Crippen LogP contribution >= 0.6 is 11.8 Å². The second-order valence-electron chi connectivity index (χ2n) is 5.81. The standard InChI is InChI=1S/C17H24FNO2S/c1-22-12-2-3-16(20)19-10-8-14(9-11-19)17(21)13-4-6-15(18)7-5-13/h4-7,14,17,21H,2-3,8-12H2,1H3. The smallest absolute Gasteiger partial charge is 0.222 e. The molecule has 2 rings (SSSR count).